The van der Waals surface area contributed by atoms with Crippen LogP contribution in [0.3, 0.4) is 0 Å². The summed E-state index contributed by atoms with van der Waals surface area (Å²) < 4.78 is 2.32. The quantitative estimate of drug-likeness (QED) is 0.722. The van der Waals surface area contributed by atoms with Gasteiger partial charge in [0.1, 0.15) is 0 Å². The molecule has 4 nitrogen and oxygen atoms in total. The van der Waals surface area contributed by atoms with E-state index in [0.717, 1.165) is 31.9 Å². The van der Waals surface area contributed by atoms with Crippen LogP contribution < -0.4 is 4.90 Å². The molecule has 0 aliphatic carbocycles. The molecule has 18 heavy (non-hydrogen) atoms. The Morgan fingerprint density at radius 1 is 1.33 bits per heavy atom. The van der Waals surface area contributed by atoms with Crippen LogP contribution in [-0.2, 0) is 0 Å². The summed E-state index contributed by atoms with van der Waals surface area (Å²) in [6, 6.07) is 3.97. The minimum Gasteiger partial charge on any atom is -0.395 e. The van der Waals surface area contributed by atoms with E-state index >= 15 is 0 Å². The van der Waals surface area contributed by atoms with Crippen molar-refractivity contribution < 1.29 is 9.90 Å². The summed E-state index contributed by atoms with van der Waals surface area (Å²) in [5.41, 5.74) is 2.12. The van der Waals surface area contributed by atoms with Crippen LogP contribution in [0.4, 0.5) is 5.00 Å². The number of hydrogen-bond acceptors (Lipinski definition) is 5. The number of aliphatic hydroxyl groups is 1. The number of thiophene rings is 2. The molecular formula is C12H12N2O2S2. The molecule has 0 saturated carbocycles. The van der Waals surface area contributed by atoms with Crippen molar-refractivity contribution in [3.8, 4) is 0 Å². The van der Waals surface area contributed by atoms with Crippen molar-refractivity contribution in [2.75, 3.05) is 25.1 Å². The number of rotatable bonds is 4. The van der Waals surface area contributed by atoms with Crippen molar-refractivity contribution >= 4 is 54.4 Å². The van der Waals surface area contributed by atoms with Crippen molar-refractivity contribution in [1.29, 1.82) is 0 Å². The molecule has 3 heterocycles. The Morgan fingerprint density at radius 2 is 2.06 bits per heavy atom. The van der Waals surface area contributed by atoms with Crippen molar-refractivity contribution in [3.05, 3.63) is 17.0 Å². The highest BCUT2D eigenvalue weighted by molar-refractivity contribution is 7.29. The van der Waals surface area contributed by atoms with E-state index in [1.807, 2.05) is 18.0 Å². The highest BCUT2D eigenvalue weighted by atomic mass is 32.1. The van der Waals surface area contributed by atoms with Gasteiger partial charge in [0.25, 0.3) is 0 Å². The lowest BCUT2D eigenvalue weighted by atomic mass is 10.4. The zero-order valence-corrected chi connectivity index (χ0v) is 11.4. The molecule has 3 aromatic heterocycles. The summed E-state index contributed by atoms with van der Waals surface area (Å²) in [6.07, 6.45) is 0.886. The summed E-state index contributed by atoms with van der Waals surface area (Å²) in [7, 11) is 1.96. The van der Waals surface area contributed by atoms with Gasteiger partial charge in [-0.15, -0.1) is 22.7 Å². The van der Waals surface area contributed by atoms with E-state index in [9.17, 15) is 4.79 Å². The van der Waals surface area contributed by atoms with Gasteiger partial charge in [-0.1, -0.05) is 0 Å². The first-order chi connectivity index (χ1) is 8.72. The molecule has 0 radical (unpaired) electrons. The maximum absolute atomic E-state index is 10.8. The maximum atomic E-state index is 10.8. The number of H-pyrrole nitrogens is 1. The molecule has 0 aliphatic heterocycles. The molecule has 0 amide bonds. The molecule has 0 fully saturated rings. The second-order valence-corrected chi connectivity index (χ2v) is 6.22. The van der Waals surface area contributed by atoms with Gasteiger partial charge in [-0.2, -0.15) is 0 Å². The van der Waals surface area contributed by atoms with Crippen LogP contribution in [0.5, 0.6) is 0 Å². The Hall–Kier alpha value is -1.37. The van der Waals surface area contributed by atoms with Gasteiger partial charge in [0, 0.05) is 13.6 Å². The van der Waals surface area contributed by atoms with Gasteiger partial charge in [-0.05, 0) is 12.1 Å². The van der Waals surface area contributed by atoms with Crippen LogP contribution in [-0.4, -0.2) is 36.6 Å². The number of aldehydes is 1. The maximum Gasteiger partial charge on any atom is 0.160 e. The normalized spacial score (nSPS) is 11.4. The number of anilines is 1. The number of fused-ring (bicyclic) bond motifs is 3. The van der Waals surface area contributed by atoms with Crippen LogP contribution >= 0.6 is 22.7 Å². The molecule has 94 valence electrons. The smallest absolute Gasteiger partial charge is 0.160 e. The lowest BCUT2D eigenvalue weighted by molar-refractivity contribution is 0.112. The minimum atomic E-state index is 0.145. The van der Waals surface area contributed by atoms with E-state index in [4.69, 9.17) is 5.11 Å². The number of hydrogen-bond donors (Lipinski definition) is 2. The molecule has 0 saturated heterocycles. The highest BCUT2D eigenvalue weighted by Gasteiger charge is 2.13. The van der Waals surface area contributed by atoms with Crippen LogP contribution in [0.1, 0.15) is 9.67 Å². The first-order valence-corrected chi connectivity index (χ1v) is 7.18. The fourth-order valence-corrected chi connectivity index (χ4v) is 4.15. The molecule has 3 rings (SSSR count). The fourth-order valence-electron chi connectivity index (χ4n) is 1.96. The first kappa shape index (κ1) is 11.7. The van der Waals surface area contributed by atoms with Gasteiger partial charge in [0.15, 0.2) is 6.29 Å². The number of aromatic amines is 1. The van der Waals surface area contributed by atoms with E-state index in [2.05, 4.69) is 11.1 Å². The lowest BCUT2D eigenvalue weighted by Gasteiger charge is -2.14. The molecule has 0 aliphatic rings. The molecule has 0 unspecified atom stereocenters. The second kappa shape index (κ2) is 4.38. The van der Waals surface area contributed by atoms with E-state index in [0.29, 0.717) is 6.54 Å². The number of carbonyl (C=O) groups is 1. The summed E-state index contributed by atoms with van der Waals surface area (Å²) in [6.45, 7) is 0.766. The average molecular weight is 280 g/mol. The average Bonchev–Trinajstić information content (AvgIpc) is 2.97. The zero-order chi connectivity index (χ0) is 12.7. The fraction of sp³-hybridized carbons (Fsp3) is 0.250. The summed E-state index contributed by atoms with van der Waals surface area (Å²) >= 11 is 3.20. The van der Waals surface area contributed by atoms with Gasteiger partial charge < -0.3 is 15.0 Å². The third-order valence-corrected chi connectivity index (χ3v) is 5.35. The van der Waals surface area contributed by atoms with Gasteiger partial charge in [-0.3, -0.25) is 4.79 Å². The van der Waals surface area contributed by atoms with Crippen molar-refractivity contribution in [1.82, 2.24) is 4.98 Å². The van der Waals surface area contributed by atoms with E-state index < -0.39 is 0 Å². The van der Waals surface area contributed by atoms with Crippen molar-refractivity contribution in [3.63, 3.8) is 0 Å². The predicted octanol–water partition coefficient (Wildman–Crippen LogP) is 2.69. The second-order valence-electron chi connectivity index (χ2n) is 4.11. The topological polar surface area (TPSA) is 56.3 Å². The Labute approximate surface area is 111 Å². The van der Waals surface area contributed by atoms with Crippen LogP contribution in [0.15, 0.2) is 12.1 Å². The predicted molar refractivity (Wildman–Crippen MR) is 77.3 cm³/mol. The summed E-state index contributed by atoms with van der Waals surface area (Å²) in [5, 5.41) is 10.1. The van der Waals surface area contributed by atoms with Crippen LogP contribution in [0, 0.1) is 0 Å². The number of nitrogens with zero attached hydrogens (tertiary/aromatic N) is 1. The zero-order valence-electron chi connectivity index (χ0n) is 9.77. The molecule has 0 aromatic carbocycles. The van der Waals surface area contributed by atoms with E-state index in [-0.39, 0.29) is 6.61 Å². The van der Waals surface area contributed by atoms with Gasteiger partial charge in [-0.25, -0.2) is 0 Å². The number of likely N-dealkylation sites (N-methyl/N-ethyl adjacent to an activating group) is 1. The Morgan fingerprint density at radius 3 is 2.78 bits per heavy atom. The molecule has 6 heteroatoms. The monoisotopic (exact) mass is 280 g/mol. The van der Waals surface area contributed by atoms with Crippen molar-refractivity contribution in [2.45, 2.75) is 0 Å². The number of aromatic nitrogens is 1. The van der Waals surface area contributed by atoms with E-state index in [1.54, 1.807) is 11.3 Å². The molecule has 0 bridgehead atoms. The Kier molecular flexibility index (Phi) is 2.85. The number of nitrogens with one attached hydrogen (secondary N) is 1. The summed E-state index contributed by atoms with van der Waals surface area (Å²) in [5.74, 6) is 0. The van der Waals surface area contributed by atoms with Crippen molar-refractivity contribution in [2.24, 2.45) is 0 Å². The van der Waals surface area contributed by atoms with Crippen LogP contribution in [0.25, 0.3) is 20.4 Å². The third kappa shape index (κ3) is 1.73. The number of carbonyl (C=O) groups excluding carboxylic acids is 1. The third-order valence-electron chi connectivity index (χ3n) is 2.87. The van der Waals surface area contributed by atoms with Crippen LogP contribution in [0.2, 0.25) is 0 Å². The minimum absolute atomic E-state index is 0.145. The van der Waals surface area contributed by atoms with Gasteiger partial charge in [0.2, 0.25) is 0 Å². The Balaban J connectivity index is 2.11. The highest BCUT2D eigenvalue weighted by Crippen LogP contribution is 2.40. The standard InChI is InChI=1S/C12H12N2O2S2/c1-14(2-3-15)10-5-9-12(18-10)11-8(13-9)4-7(6-16)17-11/h4-6,13,15H,2-3H2,1H3. The SMILES string of the molecule is CN(CCO)c1cc2[nH]c3cc(C=O)sc3c2s1. The summed E-state index contributed by atoms with van der Waals surface area (Å²) in [4.78, 5) is 16.9. The molecule has 3 aromatic rings. The van der Waals surface area contributed by atoms with Gasteiger partial charge in [0.05, 0.1) is 36.9 Å². The lowest BCUT2D eigenvalue weighted by Crippen LogP contribution is -2.19. The molecular weight excluding hydrogens is 268 g/mol. The number of aliphatic hydroxyl groups excluding tert-OH is 1. The Bertz CT molecular complexity index is 710. The largest absolute Gasteiger partial charge is 0.395 e. The van der Waals surface area contributed by atoms with E-state index in [1.165, 1.54) is 16.0 Å². The first-order valence-electron chi connectivity index (χ1n) is 5.55. The molecule has 0 atom stereocenters. The molecule has 2 N–H and O–H groups in total. The van der Waals surface area contributed by atoms with Gasteiger partial charge >= 0.3 is 0 Å². The molecule has 0 spiro atoms.